The third kappa shape index (κ3) is 1.74. The Morgan fingerprint density at radius 2 is 1.50 bits per heavy atom. The fraction of sp³-hybridized carbons (Fsp3) is 0. The van der Waals surface area contributed by atoms with Crippen molar-refractivity contribution in [1.29, 1.82) is 0 Å². The highest BCUT2D eigenvalue weighted by Gasteiger charge is 2.15. The van der Waals surface area contributed by atoms with Gasteiger partial charge in [-0.15, -0.1) is 22.7 Å². The molecule has 5 rings (SSSR count). The SMILES string of the molecule is Clc1cc(Br)cc2c1sc1ccc3sc4ccccc4c3c12. The third-order valence-electron chi connectivity index (χ3n) is 3.99. The lowest BCUT2D eigenvalue weighted by Gasteiger charge is -1.98. The molecule has 0 aliphatic heterocycles. The number of benzene rings is 3. The molecular weight excluding hydrogens is 396 g/mol. The summed E-state index contributed by atoms with van der Waals surface area (Å²) in [5, 5.41) is 6.09. The predicted octanol–water partition coefficient (Wildman–Crippen LogP) is 7.84. The van der Waals surface area contributed by atoms with Gasteiger partial charge in [-0.25, -0.2) is 0 Å². The quantitative estimate of drug-likeness (QED) is 0.247. The highest BCUT2D eigenvalue weighted by Crippen LogP contribution is 2.46. The molecule has 0 fully saturated rings. The molecule has 0 aliphatic carbocycles. The van der Waals surface area contributed by atoms with Crippen molar-refractivity contribution in [1.82, 2.24) is 0 Å². The first kappa shape index (κ1) is 13.3. The van der Waals surface area contributed by atoms with Crippen LogP contribution in [0, 0.1) is 0 Å². The van der Waals surface area contributed by atoms with Crippen molar-refractivity contribution in [3.05, 3.63) is 58.0 Å². The second-order valence-corrected chi connectivity index (χ2v) is 8.74. The Kier molecular flexibility index (Phi) is 2.84. The molecule has 2 aromatic heterocycles. The predicted molar refractivity (Wildman–Crippen MR) is 105 cm³/mol. The zero-order valence-corrected chi connectivity index (χ0v) is 15.2. The lowest BCUT2D eigenvalue weighted by molar-refractivity contribution is 1.77. The molecule has 0 amide bonds. The summed E-state index contributed by atoms with van der Waals surface area (Å²) in [6.07, 6.45) is 0. The third-order valence-corrected chi connectivity index (χ3v) is 7.20. The summed E-state index contributed by atoms with van der Waals surface area (Å²) in [7, 11) is 0. The van der Waals surface area contributed by atoms with E-state index >= 15 is 0 Å². The van der Waals surface area contributed by atoms with E-state index in [4.69, 9.17) is 11.6 Å². The van der Waals surface area contributed by atoms with Crippen LogP contribution in [0.1, 0.15) is 0 Å². The lowest BCUT2D eigenvalue weighted by atomic mass is 10.1. The summed E-state index contributed by atoms with van der Waals surface area (Å²) in [6.45, 7) is 0. The maximum atomic E-state index is 6.46. The molecule has 0 nitrogen and oxygen atoms in total. The first-order chi connectivity index (χ1) is 10.7. The summed E-state index contributed by atoms with van der Waals surface area (Å²) >= 11 is 13.7. The number of halogens is 2. The Morgan fingerprint density at radius 3 is 2.36 bits per heavy atom. The zero-order chi connectivity index (χ0) is 14.8. The van der Waals surface area contributed by atoms with Crippen molar-refractivity contribution in [2.24, 2.45) is 0 Å². The molecule has 0 aliphatic rings. The molecule has 0 unspecified atom stereocenters. The molecule has 22 heavy (non-hydrogen) atoms. The molecule has 3 aromatic carbocycles. The smallest absolute Gasteiger partial charge is 0.0595 e. The molecule has 2 heterocycles. The second kappa shape index (κ2) is 4.68. The van der Waals surface area contributed by atoms with Gasteiger partial charge in [0.15, 0.2) is 0 Å². The van der Waals surface area contributed by atoms with Gasteiger partial charge in [-0.1, -0.05) is 45.7 Å². The van der Waals surface area contributed by atoms with Gasteiger partial charge in [0.1, 0.15) is 0 Å². The van der Waals surface area contributed by atoms with Crippen LogP contribution in [0.2, 0.25) is 5.02 Å². The van der Waals surface area contributed by atoms with Gasteiger partial charge in [0.25, 0.3) is 0 Å². The maximum Gasteiger partial charge on any atom is 0.0595 e. The molecule has 0 atom stereocenters. The van der Waals surface area contributed by atoms with Crippen LogP contribution in [0.3, 0.4) is 0 Å². The molecule has 0 saturated heterocycles. The summed E-state index contributed by atoms with van der Waals surface area (Å²) in [5.74, 6) is 0. The fourth-order valence-electron chi connectivity index (χ4n) is 3.11. The number of thiophene rings is 2. The maximum absolute atomic E-state index is 6.46. The summed E-state index contributed by atoms with van der Waals surface area (Å²) < 4.78 is 6.17. The molecule has 5 aromatic rings. The van der Waals surface area contributed by atoms with Crippen LogP contribution in [0.5, 0.6) is 0 Å². The van der Waals surface area contributed by atoms with E-state index in [1.54, 1.807) is 11.3 Å². The van der Waals surface area contributed by atoms with E-state index in [1.165, 1.54) is 40.3 Å². The van der Waals surface area contributed by atoms with E-state index in [1.807, 2.05) is 17.4 Å². The van der Waals surface area contributed by atoms with Gasteiger partial charge in [0, 0.05) is 40.1 Å². The number of rotatable bonds is 0. The van der Waals surface area contributed by atoms with Gasteiger partial charge in [0.2, 0.25) is 0 Å². The Morgan fingerprint density at radius 1 is 0.773 bits per heavy atom. The van der Waals surface area contributed by atoms with Crippen LogP contribution in [0.4, 0.5) is 0 Å². The first-order valence-electron chi connectivity index (χ1n) is 6.84. The molecule has 0 radical (unpaired) electrons. The topological polar surface area (TPSA) is 0 Å². The van der Waals surface area contributed by atoms with Gasteiger partial charge < -0.3 is 0 Å². The Bertz CT molecular complexity index is 1200. The average Bonchev–Trinajstić information content (AvgIpc) is 3.05. The van der Waals surface area contributed by atoms with Gasteiger partial charge >= 0.3 is 0 Å². The summed E-state index contributed by atoms with van der Waals surface area (Å²) in [6, 6.07) is 17.3. The second-order valence-electron chi connectivity index (χ2n) is 5.28. The van der Waals surface area contributed by atoms with E-state index in [0.29, 0.717) is 0 Å². The van der Waals surface area contributed by atoms with Crippen molar-refractivity contribution < 1.29 is 0 Å². The van der Waals surface area contributed by atoms with Gasteiger partial charge in [-0.3, -0.25) is 0 Å². The van der Waals surface area contributed by atoms with Crippen LogP contribution in [-0.2, 0) is 0 Å². The first-order valence-corrected chi connectivity index (χ1v) is 9.64. The monoisotopic (exact) mass is 402 g/mol. The van der Waals surface area contributed by atoms with E-state index in [2.05, 4.69) is 58.4 Å². The Hall–Kier alpha value is -1.13. The molecular formula is C18H8BrClS2. The normalized spacial score (nSPS) is 12.1. The van der Waals surface area contributed by atoms with Crippen LogP contribution in [0.25, 0.3) is 40.3 Å². The van der Waals surface area contributed by atoms with Gasteiger partial charge in [-0.05, 0) is 30.3 Å². The zero-order valence-electron chi connectivity index (χ0n) is 11.2. The molecule has 4 heteroatoms. The highest BCUT2D eigenvalue weighted by molar-refractivity contribution is 9.10. The van der Waals surface area contributed by atoms with Crippen molar-refractivity contribution in [2.75, 3.05) is 0 Å². The number of fused-ring (bicyclic) bond motifs is 7. The molecule has 0 saturated carbocycles. The minimum atomic E-state index is 0.818. The van der Waals surface area contributed by atoms with Crippen LogP contribution >= 0.6 is 50.2 Å². The Labute approximate surface area is 148 Å². The highest BCUT2D eigenvalue weighted by atomic mass is 79.9. The largest absolute Gasteiger partial charge is 0.135 e. The molecule has 0 spiro atoms. The van der Waals surface area contributed by atoms with Crippen LogP contribution in [0.15, 0.2) is 53.0 Å². The molecule has 0 bridgehead atoms. The Balaban J connectivity index is 2.16. The van der Waals surface area contributed by atoms with E-state index in [0.717, 1.165) is 9.50 Å². The standard InChI is InChI=1S/C18H8BrClS2/c19-9-7-11-17-15(22-18(11)12(20)8-9)6-5-14-16(17)10-3-1-2-4-13(10)21-14/h1-8H. The van der Waals surface area contributed by atoms with Crippen molar-refractivity contribution in [3.8, 4) is 0 Å². The average molecular weight is 404 g/mol. The van der Waals surface area contributed by atoms with Crippen LogP contribution < -0.4 is 0 Å². The minimum absolute atomic E-state index is 0.818. The molecule has 0 N–H and O–H groups in total. The lowest BCUT2D eigenvalue weighted by Crippen LogP contribution is -1.72. The van der Waals surface area contributed by atoms with Crippen molar-refractivity contribution in [3.63, 3.8) is 0 Å². The summed E-state index contributed by atoms with van der Waals surface area (Å²) in [5.41, 5.74) is 0. The summed E-state index contributed by atoms with van der Waals surface area (Å²) in [4.78, 5) is 0. The van der Waals surface area contributed by atoms with Crippen LogP contribution in [-0.4, -0.2) is 0 Å². The van der Waals surface area contributed by atoms with Crippen molar-refractivity contribution in [2.45, 2.75) is 0 Å². The fourth-order valence-corrected chi connectivity index (χ4v) is 6.25. The van der Waals surface area contributed by atoms with E-state index < -0.39 is 0 Å². The van der Waals surface area contributed by atoms with Crippen molar-refractivity contribution >= 4 is 90.5 Å². The molecule has 106 valence electrons. The van der Waals surface area contributed by atoms with Gasteiger partial charge in [-0.2, -0.15) is 0 Å². The minimum Gasteiger partial charge on any atom is -0.135 e. The number of hydrogen-bond acceptors (Lipinski definition) is 2. The number of hydrogen-bond donors (Lipinski definition) is 0. The van der Waals surface area contributed by atoms with Gasteiger partial charge in [0.05, 0.1) is 9.72 Å². The van der Waals surface area contributed by atoms with E-state index in [-0.39, 0.29) is 0 Å². The van der Waals surface area contributed by atoms with E-state index in [9.17, 15) is 0 Å².